The lowest BCUT2D eigenvalue weighted by Crippen LogP contribution is -2.53. The van der Waals surface area contributed by atoms with E-state index in [1.807, 2.05) is 24.3 Å². The Morgan fingerprint density at radius 3 is 2.86 bits per heavy atom. The number of benzene rings is 1. The largest absolute Gasteiger partial charge is 0.381 e. The number of carbonyl (C=O) groups excluding carboxylic acids is 1. The molecule has 0 aliphatic carbocycles. The van der Waals surface area contributed by atoms with Crippen LogP contribution in [0.3, 0.4) is 0 Å². The van der Waals surface area contributed by atoms with Gasteiger partial charge < -0.3 is 14.6 Å². The average molecular weight is 353 g/mol. The summed E-state index contributed by atoms with van der Waals surface area (Å²) in [5, 5.41) is 8.77. The second-order valence-corrected chi connectivity index (χ2v) is 5.94. The van der Waals surface area contributed by atoms with Crippen LogP contribution >= 0.6 is 15.9 Å². The van der Waals surface area contributed by atoms with Gasteiger partial charge in [0.05, 0.1) is 12.0 Å². The van der Waals surface area contributed by atoms with Gasteiger partial charge in [-0.2, -0.15) is 0 Å². The lowest BCUT2D eigenvalue weighted by molar-refractivity contribution is -0.123. The van der Waals surface area contributed by atoms with Gasteiger partial charge in [0.2, 0.25) is 5.91 Å². The van der Waals surface area contributed by atoms with Crippen molar-refractivity contribution in [2.75, 3.05) is 18.5 Å². The normalized spacial score (nSPS) is 17.8. The molecule has 21 heavy (non-hydrogen) atoms. The highest BCUT2D eigenvalue weighted by molar-refractivity contribution is 9.09. The van der Waals surface area contributed by atoms with Crippen molar-refractivity contribution in [1.82, 2.24) is 10.5 Å². The second kappa shape index (κ2) is 6.15. The van der Waals surface area contributed by atoms with Crippen LogP contribution in [0.15, 0.2) is 28.8 Å². The first-order chi connectivity index (χ1) is 10.2. The van der Waals surface area contributed by atoms with E-state index in [1.165, 1.54) is 0 Å². The number of rotatable bonds is 4. The van der Waals surface area contributed by atoms with Crippen molar-refractivity contribution in [3.05, 3.63) is 30.0 Å². The van der Waals surface area contributed by atoms with Crippen LogP contribution in [-0.2, 0) is 16.0 Å². The third-order valence-electron chi connectivity index (χ3n) is 3.89. The third-order valence-corrected chi connectivity index (χ3v) is 4.96. The van der Waals surface area contributed by atoms with Crippen molar-refractivity contribution in [3.8, 4) is 0 Å². The summed E-state index contributed by atoms with van der Waals surface area (Å²) in [7, 11) is 0. The van der Waals surface area contributed by atoms with E-state index in [2.05, 4.69) is 26.4 Å². The molecule has 0 spiro atoms. The highest BCUT2D eigenvalue weighted by Crippen LogP contribution is 2.24. The summed E-state index contributed by atoms with van der Waals surface area (Å²) in [4.78, 5) is 12.3. The number of carbonyl (C=O) groups is 1. The average Bonchev–Trinajstić information content (AvgIpc) is 2.91. The van der Waals surface area contributed by atoms with E-state index in [1.54, 1.807) is 0 Å². The van der Waals surface area contributed by atoms with E-state index in [9.17, 15) is 4.79 Å². The van der Waals surface area contributed by atoms with Crippen LogP contribution in [0.5, 0.6) is 0 Å². The van der Waals surface area contributed by atoms with Crippen molar-refractivity contribution in [2.45, 2.75) is 24.8 Å². The van der Waals surface area contributed by atoms with Crippen LogP contribution in [0.1, 0.15) is 18.5 Å². The maximum absolute atomic E-state index is 12.3. The Balaban J connectivity index is 1.71. The molecule has 2 aromatic rings. The van der Waals surface area contributed by atoms with Crippen LogP contribution in [0.25, 0.3) is 11.0 Å². The van der Waals surface area contributed by atoms with Gasteiger partial charge in [-0.1, -0.05) is 33.2 Å². The van der Waals surface area contributed by atoms with Gasteiger partial charge in [0.1, 0.15) is 5.69 Å². The number of ether oxygens (including phenoxy) is 1. The molecule has 6 heteroatoms. The summed E-state index contributed by atoms with van der Waals surface area (Å²) in [6, 6.07) is 7.57. The smallest absolute Gasteiger partial charge is 0.226 e. The van der Waals surface area contributed by atoms with E-state index in [0.29, 0.717) is 24.5 Å². The summed E-state index contributed by atoms with van der Waals surface area (Å²) < 4.78 is 10.6. The second-order valence-electron chi connectivity index (χ2n) is 5.38. The zero-order chi connectivity index (χ0) is 14.7. The first kappa shape index (κ1) is 14.5. The molecule has 0 atom stereocenters. The fraction of sp³-hybridized carbons (Fsp3) is 0.467. The van der Waals surface area contributed by atoms with E-state index >= 15 is 0 Å². The van der Waals surface area contributed by atoms with Crippen molar-refractivity contribution in [1.29, 1.82) is 0 Å². The van der Waals surface area contributed by atoms with E-state index in [4.69, 9.17) is 9.26 Å². The lowest BCUT2D eigenvalue weighted by atomic mass is 9.92. The first-order valence-corrected chi connectivity index (χ1v) is 8.13. The number of fused-ring (bicyclic) bond motifs is 1. The monoisotopic (exact) mass is 352 g/mol. The number of nitrogens with one attached hydrogen (secondary N) is 1. The summed E-state index contributed by atoms with van der Waals surface area (Å²) in [6.07, 6.45) is 1.87. The quantitative estimate of drug-likeness (QED) is 0.858. The zero-order valence-electron chi connectivity index (χ0n) is 11.6. The molecule has 112 valence electrons. The SMILES string of the molecule is O=C(Cc1noc2ccccc12)NC1(CBr)CCOCC1. The highest BCUT2D eigenvalue weighted by atomic mass is 79.9. The topological polar surface area (TPSA) is 64.4 Å². The van der Waals surface area contributed by atoms with Gasteiger partial charge in [-0.3, -0.25) is 4.79 Å². The number of nitrogens with zero attached hydrogens (tertiary/aromatic N) is 1. The van der Waals surface area contributed by atoms with E-state index in [0.717, 1.165) is 23.6 Å². The van der Waals surface area contributed by atoms with Crippen LogP contribution in [0, 0.1) is 0 Å². The molecule has 0 bridgehead atoms. The molecule has 1 amide bonds. The maximum atomic E-state index is 12.3. The minimum absolute atomic E-state index is 0.0320. The Labute approximate surface area is 131 Å². The number of aromatic nitrogens is 1. The molecule has 0 radical (unpaired) electrons. The molecule has 0 saturated carbocycles. The zero-order valence-corrected chi connectivity index (χ0v) is 13.2. The maximum Gasteiger partial charge on any atom is 0.226 e. The van der Waals surface area contributed by atoms with Crippen molar-refractivity contribution in [2.24, 2.45) is 0 Å². The first-order valence-electron chi connectivity index (χ1n) is 7.00. The van der Waals surface area contributed by atoms with Crippen molar-refractivity contribution < 1.29 is 14.1 Å². The van der Waals surface area contributed by atoms with Gasteiger partial charge in [0, 0.05) is 23.9 Å². The Hall–Kier alpha value is -1.40. The van der Waals surface area contributed by atoms with Gasteiger partial charge in [-0.15, -0.1) is 0 Å². The lowest BCUT2D eigenvalue weighted by Gasteiger charge is -2.36. The molecule has 1 aromatic heterocycles. The molecule has 0 unspecified atom stereocenters. The molecular weight excluding hydrogens is 336 g/mol. The molecule has 5 nitrogen and oxygen atoms in total. The molecule has 1 fully saturated rings. The Kier molecular flexibility index (Phi) is 4.26. The summed E-state index contributed by atoms with van der Waals surface area (Å²) in [6.45, 7) is 1.36. The van der Waals surface area contributed by atoms with E-state index < -0.39 is 0 Å². The van der Waals surface area contributed by atoms with Gasteiger partial charge in [-0.25, -0.2) is 0 Å². The Bertz CT molecular complexity index is 635. The minimum Gasteiger partial charge on any atom is -0.381 e. The number of alkyl halides is 1. The van der Waals surface area contributed by atoms with Crippen molar-refractivity contribution in [3.63, 3.8) is 0 Å². The summed E-state index contributed by atoms with van der Waals surface area (Å²) >= 11 is 3.51. The van der Waals surface area contributed by atoms with Crippen LogP contribution in [0.2, 0.25) is 0 Å². The molecular formula is C15H17BrN2O3. The van der Waals surface area contributed by atoms with Gasteiger partial charge in [0.25, 0.3) is 0 Å². The predicted molar refractivity (Wildman–Crippen MR) is 82.4 cm³/mol. The van der Waals surface area contributed by atoms with E-state index in [-0.39, 0.29) is 17.9 Å². The number of amides is 1. The fourth-order valence-electron chi connectivity index (χ4n) is 2.61. The summed E-state index contributed by atoms with van der Waals surface area (Å²) in [5.41, 5.74) is 1.18. The number of para-hydroxylation sites is 1. The molecule has 2 heterocycles. The Morgan fingerprint density at radius 1 is 1.33 bits per heavy atom. The van der Waals surface area contributed by atoms with Gasteiger partial charge in [0.15, 0.2) is 5.58 Å². The fourth-order valence-corrected chi connectivity index (χ4v) is 3.31. The number of halogens is 1. The van der Waals surface area contributed by atoms with Crippen LogP contribution < -0.4 is 5.32 Å². The predicted octanol–water partition coefficient (Wildman–Crippen LogP) is 2.43. The molecule has 3 rings (SSSR count). The molecule has 1 saturated heterocycles. The molecule has 1 N–H and O–H groups in total. The molecule has 1 aliphatic heterocycles. The highest BCUT2D eigenvalue weighted by Gasteiger charge is 2.33. The molecule has 1 aliphatic rings. The van der Waals surface area contributed by atoms with Crippen LogP contribution in [-0.4, -0.2) is 35.1 Å². The van der Waals surface area contributed by atoms with Crippen molar-refractivity contribution >= 4 is 32.8 Å². The Morgan fingerprint density at radius 2 is 2.10 bits per heavy atom. The summed E-state index contributed by atoms with van der Waals surface area (Å²) in [5.74, 6) is -0.0320. The number of hydrogen-bond acceptors (Lipinski definition) is 4. The van der Waals surface area contributed by atoms with Gasteiger partial charge >= 0.3 is 0 Å². The standard InChI is InChI=1S/C15H17BrN2O3/c16-10-15(5-7-20-8-6-15)17-14(19)9-12-11-3-1-2-4-13(11)21-18-12/h1-4H,5-10H2,(H,17,19). The molecule has 1 aromatic carbocycles. The van der Waals surface area contributed by atoms with Crippen LogP contribution in [0.4, 0.5) is 0 Å². The number of hydrogen-bond donors (Lipinski definition) is 1. The minimum atomic E-state index is -0.213. The third kappa shape index (κ3) is 3.11. The van der Waals surface area contributed by atoms with Gasteiger partial charge in [-0.05, 0) is 25.0 Å².